The summed E-state index contributed by atoms with van der Waals surface area (Å²) in [4.78, 5) is 44.8. The lowest BCUT2D eigenvalue weighted by Gasteiger charge is -2.39. The summed E-state index contributed by atoms with van der Waals surface area (Å²) in [5, 5.41) is 18.5. The monoisotopic (exact) mass is 647 g/mol. The molecular formula is C29H28F7N3O6. The van der Waals surface area contributed by atoms with Gasteiger partial charge in [-0.1, -0.05) is 18.2 Å². The Morgan fingerprint density at radius 1 is 0.867 bits per heavy atom. The first-order chi connectivity index (χ1) is 20.9. The number of alkyl halides is 6. The van der Waals surface area contributed by atoms with Crippen molar-refractivity contribution in [1.29, 1.82) is 0 Å². The molecule has 16 heteroatoms. The van der Waals surface area contributed by atoms with Crippen LogP contribution in [0.15, 0.2) is 59.5 Å². The number of amides is 1. The fourth-order valence-corrected chi connectivity index (χ4v) is 5.03. The molecule has 244 valence electrons. The van der Waals surface area contributed by atoms with Gasteiger partial charge in [0.2, 0.25) is 0 Å². The van der Waals surface area contributed by atoms with Crippen LogP contribution in [-0.2, 0) is 16.1 Å². The highest BCUT2D eigenvalue weighted by Gasteiger charge is 2.39. The number of hydrogen-bond acceptors (Lipinski definition) is 5. The zero-order chi connectivity index (χ0) is 33.6. The van der Waals surface area contributed by atoms with Crippen molar-refractivity contribution in [3.8, 4) is 0 Å². The number of hydrogen-bond donors (Lipinski definition) is 3. The lowest BCUT2D eigenvalue weighted by Crippen LogP contribution is -2.51. The number of carbonyl (C=O) groups excluding carboxylic acids is 1. The number of halogens is 7. The molecule has 0 atom stereocenters. The quantitative estimate of drug-likeness (QED) is 0.348. The summed E-state index contributed by atoms with van der Waals surface area (Å²) in [7, 11) is 0. The maximum atomic E-state index is 14.6. The minimum Gasteiger partial charge on any atom is -0.475 e. The number of rotatable bonds is 3. The van der Waals surface area contributed by atoms with E-state index in [0.29, 0.717) is 25.0 Å². The third-order valence-corrected chi connectivity index (χ3v) is 7.32. The van der Waals surface area contributed by atoms with Crippen molar-refractivity contribution in [3.05, 3.63) is 81.9 Å². The van der Waals surface area contributed by atoms with Gasteiger partial charge < -0.3 is 25.0 Å². The molecule has 3 N–H and O–H groups in total. The van der Waals surface area contributed by atoms with Gasteiger partial charge >= 0.3 is 24.3 Å². The second-order valence-electron chi connectivity index (χ2n) is 10.3. The number of aliphatic carboxylic acids is 2. The normalized spacial score (nSPS) is 15.9. The number of pyridine rings is 1. The van der Waals surface area contributed by atoms with Crippen molar-refractivity contribution in [2.24, 2.45) is 0 Å². The van der Waals surface area contributed by atoms with Gasteiger partial charge in [0.25, 0.3) is 5.91 Å². The van der Waals surface area contributed by atoms with E-state index in [1.165, 1.54) is 12.5 Å². The molecule has 0 saturated carbocycles. The van der Waals surface area contributed by atoms with Crippen molar-refractivity contribution in [3.63, 3.8) is 0 Å². The smallest absolute Gasteiger partial charge is 0.475 e. The van der Waals surface area contributed by atoms with E-state index < -0.39 is 30.1 Å². The Balaban J connectivity index is 0.000000331. The molecule has 0 unspecified atom stereocenters. The van der Waals surface area contributed by atoms with Gasteiger partial charge in [0.05, 0.1) is 11.1 Å². The number of fused-ring (bicyclic) bond motifs is 1. The number of benzene rings is 2. The molecule has 2 fully saturated rings. The van der Waals surface area contributed by atoms with E-state index in [0.717, 1.165) is 36.9 Å². The summed E-state index contributed by atoms with van der Waals surface area (Å²) in [6.45, 7) is 2.80. The minimum absolute atomic E-state index is 0.0264. The molecule has 0 radical (unpaired) electrons. The number of nitrogens with one attached hydrogen (secondary N) is 1. The first-order valence-corrected chi connectivity index (χ1v) is 13.4. The lowest BCUT2D eigenvalue weighted by atomic mass is 9.86. The molecule has 2 saturated heterocycles. The van der Waals surface area contributed by atoms with Gasteiger partial charge in [-0.2, -0.15) is 26.3 Å². The molecule has 2 aliphatic rings. The first kappa shape index (κ1) is 35.0. The standard InChI is InChI=1S/C25H26FN3O2.2C2HF3O2/c26-21-7-6-18(17-29-13-8-23(30)19-4-1-2-5-22(19)29)16-20(21)24(31)28-14-10-25(11-15-28)9-3-12-27-25;2*3-2(4,5)1(6)7/h1-2,4-8,13,16,27H,3,9-12,14-15,17H2;2*(H,6,7). The Morgan fingerprint density at radius 2 is 1.44 bits per heavy atom. The molecule has 1 spiro atoms. The van der Waals surface area contributed by atoms with Crippen molar-refractivity contribution in [1.82, 2.24) is 14.8 Å². The molecule has 0 bridgehead atoms. The van der Waals surface area contributed by atoms with Gasteiger partial charge in [-0.15, -0.1) is 0 Å². The van der Waals surface area contributed by atoms with Gasteiger partial charge in [0.1, 0.15) is 5.82 Å². The molecule has 3 aromatic rings. The van der Waals surface area contributed by atoms with Crippen LogP contribution in [-0.4, -0.2) is 75.1 Å². The average Bonchev–Trinajstić information content (AvgIpc) is 3.43. The van der Waals surface area contributed by atoms with Crippen LogP contribution in [0.25, 0.3) is 10.9 Å². The summed E-state index contributed by atoms with van der Waals surface area (Å²) in [6, 6.07) is 13.7. The van der Waals surface area contributed by atoms with Crippen molar-refractivity contribution in [2.75, 3.05) is 19.6 Å². The van der Waals surface area contributed by atoms with Crippen LogP contribution >= 0.6 is 0 Å². The second-order valence-corrected chi connectivity index (χ2v) is 10.3. The first-order valence-electron chi connectivity index (χ1n) is 13.4. The van der Waals surface area contributed by atoms with E-state index in [1.54, 1.807) is 35.4 Å². The predicted molar refractivity (Wildman–Crippen MR) is 146 cm³/mol. The zero-order valence-corrected chi connectivity index (χ0v) is 23.4. The Kier molecular flexibility index (Phi) is 11.0. The summed E-state index contributed by atoms with van der Waals surface area (Å²) >= 11 is 0. The van der Waals surface area contributed by atoms with E-state index in [-0.39, 0.29) is 22.4 Å². The summed E-state index contributed by atoms with van der Waals surface area (Å²) in [6.07, 6.45) is -4.24. The second kappa shape index (κ2) is 14.1. The van der Waals surface area contributed by atoms with Gasteiger partial charge in [-0.25, -0.2) is 14.0 Å². The van der Waals surface area contributed by atoms with Crippen molar-refractivity contribution in [2.45, 2.75) is 50.1 Å². The van der Waals surface area contributed by atoms with Crippen molar-refractivity contribution < 1.29 is 55.3 Å². The fraction of sp³-hybridized carbons (Fsp3) is 0.379. The number of aromatic nitrogens is 1. The summed E-state index contributed by atoms with van der Waals surface area (Å²) < 4.78 is 80.0. The highest BCUT2D eigenvalue weighted by atomic mass is 19.4. The molecule has 5 rings (SSSR count). The Labute approximate surface area is 250 Å². The Morgan fingerprint density at radius 3 is 1.98 bits per heavy atom. The number of nitrogens with zero attached hydrogens (tertiary/aromatic N) is 2. The molecular weight excluding hydrogens is 619 g/mol. The Hall–Kier alpha value is -4.47. The maximum Gasteiger partial charge on any atom is 0.490 e. The van der Waals surface area contributed by atoms with E-state index in [1.807, 2.05) is 22.8 Å². The van der Waals surface area contributed by atoms with Gasteiger partial charge in [0.15, 0.2) is 5.43 Å². The largest absolute Gasteiger partial charge is 0.490 e. The zero-order valence-electron chi connectivity index (χ0n) is 23.4. The van der Waals surface area contributed by atoms with E-state index in [2.05, 4.69) is 5.32 Å². The summed E-state index contributed by atoms with van der Waals surface area (Å²) in [5.74, 6) is -6.24. The van der Waals surface area contributed by atoms with E-state index in [4.69, 9.17) is 19.8 Å². The highest BCUT2D eigenvalue weighted by Crippen LogP contribution is 2.31. The van der Waals surface area contributed by atoms with E-state index in [9.17, 15) is 40.3 Å². The molecule has 45 heavy (non-hydrogen) atoms. The number of para-hydroxylation sites is 1. The summed E-state index contributed by atoms with van der Waals surface area (Å²) in [5.41, 5.74) is 1.91. The van der Waals surface area contributed by atoms with Gasteiger partial charge in [-0.3, -0.25) is 9.59 Å². The number of carboxylic acids is 2. The van der Waals surface area contributed by atoms with Crippen LogP contribution in [0.1, 0.15) is 41.6 Å². The van der Waals surface area contributed by atoms with Gasteiger partial charge in [0, 0.05) is 42.8 Å². The van der Waals surface area contributed by atoms with Crippen LogP contribution in [0, 0.1) is 5.82 Å². The van der Waals surface area contributed by atoms with Crippen LogP contribution in [0.5, 0.6) is 0 Å². The minimum atomic E-state index is -5.08. The number of piperidine rings is 1. The molecule has 3 heterocycles. The maximum absolute atomic E-state index is 14.6. The molecule has 1 aromatic heterocycles. The molecule has 2 aromatic carbocycles. The van der Waals surface area contributed by atoms with Crippen LogP contribution in [0.2, 0.25) is 0 Å². The SMILES string of the molecule is O=C(O)C(F)(F)F.O=C(O)C(F)(F)F.O=C(c1cc(Cn2ccc(=O)c3ccccc32)ccc1F)N1CCC2(CCCN2)CC1. The molecule has 0 aliphatic carbocycles. The third-order valence-electron chi connectivity index (χ3n) is 7.32. The average molecular weight is 648 g/mol. The third kappa shape index (κ3) is 9.26. The number of likely N-dealkylation sites (tertiary alicyclic amines) is 1. The predicted octanol–water partition coefficient (Wildman–Crippen LogP) is 4.81. The lowest BCUT2D eigenvalue weighted by molar-refractivity contribution is -0.193. The molecule has 9 nitrogen and oxygen atoms in total. The number of carboxylic acid groups (broad SMARTS) is 2. The molecule has 2 aliphatic heterocycles. The van der Waals surface area contributed by atoms with Crippen LogP contribution in [0.3, 0.4) is 0 Å². The highest BCUT2D eigenvalue weighted by molar-refractivity contribution is 5.94. The van der Waals surface area contributed by atoms with Crippen LogP contribution in [0.4, 0.5) is 30.7 Å². The Bertz CT molecular complexity index is 1560. The number of carbonyl (C=O) groups is 3. The van der Waals surface area contributed by atoms with E-state index >= 15 is 0 Å². The fourth-order valence-electron chi connectivity index (χ4n) is 5.03. The van der Waals surface area contributed by atoms with Crippen LogP contribution < -0.4 is 10.7 Å². The topological polar surface area (TPSA) is 129 Å². The van der Waals surface area contributed by atoms with Crippen molar-refractivity contribution >= 4 is 28.7 Å². The molecule has 1 amide bonds. The van der Waals surface area contributed by atoms with Gasteiger partial charge in [-0.05, 0) is 62.1 Å².